The first-order valence-corrected chi connectivity index (χ1v) is 11.6. The minimum absolute atomic E-state index is 0.00295. The van der Waals surface area contributed by atoms with Crippen LogP contribution in [0.4, 0.5) is 0 Å². The van der Waals surface area contributed by atoms with Crippen LogP contribution in [-0.4, -0.2) is 49.1 Å². The average Bonchev–Trinajstić information content (AvgIpc) is 3.03. The molecule has 1 fully saturated rings. The quantitative estimate of drug-likeness (QED) is 0.554. The van der Waals surface area contributed by atoms with Crippen LogP contribution in [0.5, 0.6) is 5.75 Å². The summed E-state index contributed by atoms with van der Waals surface area (Å²) in [6, 6.07) is 11.4. The molecule has 29 heavy (non-hydrogen) atoms. The van der Waals surface area contributed by atoms with E-state index in [-0.39, 0.29) is 6.10 Å². The first-order valence-electron chi connectivity index (χ1n) is 10.5. The van der Waals surface area contributed by atoms with Gasteiger partial charge < -0.3 is 9.64 Å². The van der Waals surface area contributed by atoms with Gasteiger partial charge in [0.05, 0.1) is 6.04 Å². The van der Waals surface area contributed by atoms with Crippen molar-refractivity contribution in [2.24, 2.45) is 0 Å². The van der Waals surface area contributed by atoms with Crippen LogP contribution in [0.2, 0.25) is 5.02 Å². The summed E-state index contributed by atoms with van der Waals surface area (Å²) in [4.78, 5) is 5.02. The first kappa shape index (κ1) is 21.2. The number of hydrogen-bond donors (Lipinski definition) is 0. The van der Waals surface area contributed by atoms with Crippen LogP contribution in [0.25, 0.3) is 0 Å². The maximum absolute atomic E-state index is 6.72. The van der Waals surface area contributed by atoms with Crippen molar-refractivity contribution in [1.82, 2.24) is 9.80 Å². The summed E-state index contributed by atoms with van der Waals surface area (Å²) < 4.78 is 7.80. The van der Waals surface area contributed by atoms with Crippen molar-refractivity contribution in [3.63, 3.8) is 0 Å². The van der Waals surface area contributed by atoms with E-state index >= 15 is 0 Å². The second-order valence-electron chi connectivity index (χ2n) is 8.76. The third kappa shape index (κ3) is 4.36. The fourth-order valence-corrected chi connectivity index (χ4v) is 5.66. The number of hydrogen-bond acceptors (Lipinski definition) is 3. The molecule has 4 rings (SSSR count). The van der Waals surface area contributed by atoms with Crippen LogP contribution in [0.3, 0.4) is 0 Å². The Morgan fingerprint density at radius 1 is 1.14 bits per heavy atom. The number of benzene rings is 2. The summed E-state index contributed by atoms with van der Waals surface area (Å²) in [6.07, 6.45) is 3.53. The number of rotatable bonds is 4. The molecule has 0 radical (unpaired) electrons. The van der Waals surface area contributed by atoms with Crippen LogP contribution in [-0.2, 0) is 6.42 Å². The number of likely N-dealkylation sites (tertiary alicyclic amines) is 1. The summed E-state index contributed by atoms with van der Waals surface area (Å²) in [7, 11) is 4.39. The monoisotopic (exact) mass is 476 g/mol. The molecule has 0 saturated carbocycles. The highest BCUT2D eigenvalue weighted by molar-refractivity contribution is 9.10. The largest absolute Gasteiger partial charge is 0.484 e. The zero-order chi connectivity index (χ0) is 20.7. The summed E-state index contributed by atoms with van der Waals surface area (Å²) in [5, 5.41) is 0.799. The molecule has 3 nitrogen and oxygen atoms in total. The zero-order valence-corrected chi connectivity index (χ0v) is 20.1. The van der Waals surface area contributed by atoms with Crippen LogP contribution >= 0.6 is 27.5 Å². The van der Waals surface area contributed by atoms with Gasteiger partial charge in [0.1, 0.15) is 11.9 Å². The van der Waals surface area contributed by atoms with Gasteiger partial charge in [0.15, 0.2) is 0 Å². The molecule has 2 aliphatic rings. The lowest BCUT2D eigenvalue weighted by Gasteiger charge is -2.41. The van der Waals surface area contributed by atoms with Crippen molar-refractivity contribution in [1.29, 1.82) is 0 Å². The fourth-order valence-electron chi connectivity index (χ4n) is 4.91. The number of likely N-dealkylation sites (N-methyl/N-ethyl adjacent to an activating group) is 1. The van der Waals surface area contributed by atoms with E-state index in [9.17, 15) is 0 Å². The minimum atomic E-state index is 0.00295. The SMILES string of the molecule is Cc1cc(Br)ccc1O[C@H]1c2cc(Cl)cc(C)c2C[C@@H]1N1CCC[C@@H](N(C)C)C1. The molecule has 0 unspecified atom stereocenters. The van der Waals surface area contributed by atoms with Gasteiger partial charge in [-0.05, 0) is 106 Å². The van der Waals surface area contributed by atoms with Crippen molar-refractivity contribution in [2.45, 2.75) is 51.3 Å². The second kappa shape index (κ2) is 8.58. The lowest BCUT2D eigenvalue weighted by atomic mass is 10.0. The highest BCUT2D eigenvalue weighted by atomic mass is 79.9. The van der Waals surface area contributed by atoms with E-state index in [1.54, 1.807) is 0 Å². The molecule has 5 heteroatoms. The Labute approximate surface area is 188 Å². The van der Waals surface area contributed by atoms with Crippen molar-refractivity contribution in [3.8, 4) is 5.75 Å². The molecule has 0 N–H and O–H groups in total. The van der Waals surface area contributed by atoms with E-state index in [1.807, 2.05) is 0 Å². The normalized spacial score (nSPS) is 24.7. The number of fused-ring (bicyclic) bond motifs is 1. The molecule has 2 aromatic carbocycles. The maximum atomic E-state index is 6.72. The number of aryl methyl sites for hydroxylation is 2. The summed E-state index contributed by atoms with van der Waals surface area (Å²) in [5.74, 6) is 0.954. The molecule has 1 aliphatic carbocycles. The third-order valence-electron chi connectivity index (χ3n) is 6.56. The van der Waals surface area contributed by atoms with Gasteiger partial charge in [0.2, 0.25) is 0 Å². The zero-order valence-electron chi connectivity index (χ0n) is 17.7. The van der Waals surface area contributed by atoms with Gasteiger partial charge in [-0.2, -0.15) is 0 Å². The Morgan fingerprint density at radius 2 is 1.93 bits per heavy atom. The standard InChI is InChI=1S/C24H30BrClN2O/c1-15-11-18(26)12-21-20(15)13-22(28-9-5-6-19(14-28)27(3)4)24(21)29-23-8-7-17(25)10-16(23)2/h7-8,10-12,19,22,24H,5-6,9,13-14H2,1-4H3/t19-,22+,24+/m1/s1. The molecule has 2 aromatic rings. The summed E-state index contributed by atoms with van der Waals surface area (Å²) in [6.45, 7) is 6.51. The molecular weight excluding hydrogens is 448 g/mol. The van der Waals surface area contributed by atoms with Gasteiger partial charge in [0.25, 0.3) is 0 Å². The van der Waals surface area contributed by atoms with Crippen LogP contribution < -0.4 is 4.74 Å². The Hall–Kier alpha value is -1.07. The predicted molar refractivity (Wildman–Crippen MR) is 124 cm³/mol. The molecule has 156 valence electrons. The number of ether oxygens (including phenoxy) is 1. The number of halogens is 2. The van der Waals surface area contributed by atoms with Gasteiger partial charge in [-0.25, -0.2) is 0 Å². The Balaban J connectivity index is 1.69. The molecule has 0 aromatic heterocycles. The molecule has 1 saturated heterocycles. The van der Waals surface area contributed by atoms with E-state index in [0.717, 1.165) is 40.3 Å². The molecular formula is C24H30BrClN2O. The van der Waals surface area contributed by atoms with E-state index in [0.29, 0.717) is 12.1 Å². The van der Waals surface area contributed by atoms with Gasteiger partial charge >= 0.3 is 0 Å². The van der Waals surface area contributed by atoms with Gasteiger partial charge in [0, 0.05) is 22.1 Å². The highest BCUT2D eigenvalue weighted by Gasteiger charge is 2.41. The Kier molecular flexibility index (Phi) is 6.27. The summed E-state index contributed by atoms with van der Waals surface area (Å²) in [5.41, 5.74) is 5.09. The molecule has 0 bridgehead atoms. The Morgan fingerprint density at radius 3 is 2.66 bits per heavy atom. The number of nitrogens with zero attached hydrogens (tertiary/aromatic N) is 2. The van der Waals surface area contributed by atoms with Gasteiger partial charge in [-0.15, -0.1) is 0 Å². The van der Waals surface area contributed by atoms with E-state index in [4.69, 9.17) is 16.3 Å². The van der Waals surface area contributed by atoms with Crippen LogP contribution in [0.15, 0.2) is 34.8 Å². The van der Waals surface area contributed by atoms with Crippen molar-refractivity contribution >= 4 is 27.5 Å². The van der Waals surface area contributed by atoms with Crippen LogP contribution in [0, 0.1) is 13.8 Å². The number of piperidine rings is 1. The molecule has 1 heterocycles. The van der Waals surface area contributed by atoms with Crippen molar-refractivity contribution in [2.75, 3.05) is 27.2 Å². The predicted octanol–water partition coefficient (Wildman–Crippen LogP) is 5.79. The molecule has 1 aliphatic heterocycles. The smallest absolute Gasteiger partial charge is 0.140 e. The average molecular weight is 478 g/mol. The molecule has 0 spiro atoms. The minimum Gasteiger partial charge on any atom is -0.484 e. The second-order valence-corrected chi connectivity index (χ2v) is 10.1. The highest BCUT2D eigenvalue weighted by Crippen LogP contribution is 2.42. The van der Waals surface area contributed by atoms with E-state index < -0.39 is 0 Å². The maximum Gasteiger partial charge on any atom is 0.140 e. The lowest BCUT2D eigenvalue weighted by molar-refractivity contribution is 0.0378. The third-order valence-corrected chi connectivity index (χ3v) is 7.27. The van der Waals surface area contributed by atoms with Gasteiger partial charge in [-0.1, -0.05) is 27.5 Å². The summed E-state index contributed by atoms with van der Waals surface area (Å²) >= 11 is 10.0. The lowest BCUT2D eigenvalue weighted by Crippen LogP contribution is -2.51. The van der Waals surface area contributed by atoms with E-state index in [2.05, 4.69) is 84.0 Å². The molecule has 3 atom stereocenters. The van der Waals surface area contributed by atoms with Crippen molar-refractivity contribution < 1.29 is 4.74 Å². The van der Waals surface area contributed by atoms with Gasteiger partial charge in [-0.3, -0.25) is 4.90 Å². The fraction of sp³-hybridized carbons (Fsp3) is 0.500. The van der Waals surface area contributed by atoms with E-state index in [1.165, 1.54) is 29.5 Å². The van der Waals surface area contributed by atoms with Crippen LogP contribution in [0.1, 0.15) is 41.2 Å². The topological polar surface area (TPSA) is 15.7 Å². The Bertz CT molecular complexity index is 901. The first-order chi connectivity index (χ1) is 13.8. The molecule has 0 amide bonds. The van der Waals surface area contributed by atoms with Crippen molar-refractivity contribution in [3.05, 3.63) is 62.1 Å².